The molecule has 0 spiro atoms. The summed E-state index contributed by atoms with van der Waals surface area (Å²) in [4.78, 5) is 0. The second kappa shape index (κ2) is 6.10. The number of rotatable bonds is 3. The second-order valence-corrected chi connectivity index (χ2v) is 5.46. The van der Waals surface area contributed by atoms with Gasteiger partial charge in [-0.15, -0.1) is 0 Å². The molecule has 1 saturated heterocycles. The molecule has 2 nitrogen and oxygen atoms in total. The first-order valence-electron chi connectivity index (χ1n) is 7.13. The van der Waals surface area contributed by atoms with Crippen LogP contribution in [-0.4, -0.2) is 29.7 Å². The molecule has 2 aromatic rings. The van der Waals surface area contributed by atoms with Gasteiger partial charge in [0.2, 0.25) is 0 Å². The first kappa shape index (κ1) is 15.1. The van der Waals surface area contributed by atoms with E-state index in [4.69, 9.17) is 0 Å². The highest BCUT2D eigenvalue weighted by Crippen LogP contribution is 2.27. The summed E-state index contributed by atoms with van der Waals surface area (Å²) in [5.74, 6) is -0.430. The fourth-order valence-electron chi connectivity index (χ4n) is 2.78. The van der Waals surface area contributed by atoms with Crippen molar-refractivity contribution in [2.75, 3.05) is 0 Å². The maximum Gasteiger partial charge on any atom is 0.185 e. The molecule has 4 unspecified atom stereocenters. The molecule has 0 radical (unpaired) electrons. The van der Waals surface area contributed by atoms with Gasteiger partial charge < -0.3 is 5.11 Å². The monoisotopic (exact) mass is 307 g/mol. The van der Waals surface area contributed by atoms with Gasteiger partial charge in [-0.1, -0.05) is 48.5 Å². The fourth-order valence-corrected chi connectivity index (χ4v) is 2.78. The zero-order chi connectivity index (χ0) is 15.7. The molecular weight excluding hydrogens is 291 g/mol. The van der Waals surface area contributed by atoms with Crippen LogP contribution in [0.5, 0.6) is 0 Å². The molecular formula is C17H16F3NO. The molecule has 3 rings (SSSR count). The van der Waals surface area contributed by atoms with E-state index in [0.29, 0.717) is 11.1 Å². The van der Waals surface area contributed by atoms with Gasteiger partial charge in [0.15, 0.2) is 12.5 Å². The van der Waals surface area contributed by atoms with Crippen LogP contribution in [0.3, 0.4) is 0 Å². The molecule has 4 atom stereocenters. The Kier molecular flexibility index (Phi) is 4.18. The molecule has 1 heterocycles. The Bertz CT molecular complexity index is 650. The Balaban J connectivity index is 1.87. The molecule has 5 heteroatoms. The summed E-state index contributed by atoms with van der Waals surface area (Å²) in [5.41, 5.74) is 1.48. The van der Waals surface area contributed by atoms with E-state index in [0.717, 1.165) is 5.56 Å². The van der Waals surface area contributed by atoms with E-state index < -0.39 is 30.4 Å². The lowest BCUT2D eigenvalue weighted by atomic mass is 9.97. The van der Waals surface area contributed by atoms with Crippen LogP contribution in [0.25, 0.3) is 11.1 Å². The Hall–Kier alpha value is -1.85. The van der Waals surface area contributed by atoms with Gasteiger partial charge in [0, 0.05) is 11.6 Å². The van der Waals surface area contributed by atoms with E-state index in [2.05, 4.69) is 5.32 Å². The fraction of sp³-hybridized carbons (Fsp3) is 0.294. The summed E-state index contributed by atoms with van der Waals surface area (Å²) in [6.07, 6.45) is -5.35. The van der Waals surface area contributed by atoms with Crippen molar-refractivity contribution >= 4 is 0 Å². The third-order valence-corrected chi connectivity index (χ3v) is 3.99. The SMILES string of the molecule is OC1C(Cc2cccc(-c3ccccc3)c2F)NC(F)C1F. The minimum absolute atomic E-state index is 0.0223. The molecule has 1 fully saturated rings. The average molecular weight is 307 g/mol. The number of halogens is 3. The highest BCUT2D eigenvalue weighted by molar-refractivity contribution is 5.65. The number of aliphatic hydroxyl groups excluding tert-OH is 1. The van der Waals surface area contributed by atoms with Gasteiger partial charge in [0.05, 0.1) is 0 Å². The van der Waals surface area contributed by atoms with Crippen molar-refractivity contribution < 1.29 is 18.3 Å². The van der Waals surface area contributed by atoms with Crippen LogP contribution in [-0.2, 0) is 6.42 Å². The Labute approximate surface area is 126 Å². The molecule has 116 valence electrons. The molecule has 0 amide bonds. The minimum atomic E-state index is -1.98. The summed E-state index contributed by atoms with van der Waals surface area (Å²) >= 11 is 0. The van der Waals surface area contributed by atoms with Crippen molar-refractivity contribution in [1.29, 1.82) is 0 Å². The van der Waals surface area contributed by atoms with Gasteiger partial charge in [0.25, 0.3) is 0 Å². The van der Waals surface area contributed by atoms with Crippen LogP contribution >= 0.6 is 0 Å². The quantitative estimate of drug-likeness (QED) is 0.855. The molecule has 2 N–H and O–H groups in total. The van der Waals surface area contributed by atoms with Crippen molar-refractivity contribution in [3.63, 3.8) is 0 Å². The van der Waals surface area contributed by atoms with Crippen LogP contribution in [0.15, 0.2) is 48.5 Å². The van der Waals surface area contributed by atoms with Crippen LogP contribution in [0.1, 0.15) is 5.56 Å². The third kappa shape index (κ3) is 2.74. The predicted octanol–water partition coefficient (Wildman–Crippen LogP) is 3.00. The van der Waals surface area contributed by atoms with Crippen molar-refractivity contribution in [1.82, 2.24) is 5.32 Å². The molecule has 22 heavy (non-hydrogen) atoms. The number of hydrogen-bond acceptors (Lipinski definition) is 2. The van der Waals surface area contributed by atoms with Crippen LogP contribution in [0.2, 0.25) is 0 Å². The summed E-state index contributed by atoms with van der Waals surface area (Å²) in [6.45, 7) is 0. The highest BCUT2D eigenvalue weighted by atomic mass is 19.2. The Morgan fingerprint density at radius 1 is 1.00 bits per heavy atom. The van der Waals surface area contributed by atoms with Gasteiger partial charge >= 0.3 is 0 Å². The van der Waals surface area contributed by atoms with Crippen molar-refractivity contribution in [2.24, 2.45) is 0 Å². The van der Waals surface area contributed by atoms with Crippen LogP contribution in [0.4, 0.5) is 13.2 Å². The maximum absolute atomic E-state index is 14.6. The number of hydrogen-bond donors (Lipinski definition) is 2. The normalized spacial score (nSPS) is 28.0. The second-order valence-electron chi connectivity index (χ2n) is 5.46. The van der Waals surface area contributed by atoms with Gasteiger partial charge in [-0.3, -0.25) is 5.32 Å². The number of benzene rings is 2. The summed E-state index contributed by atoms with van der Waals surface area (Å²) in [6, 6.07) is 13.1. The van der Waals surface area contributed by atoms with Crippen molar-refractivity contribution in [3.05, 3.63) is 59.9 Å². The predicted molar refractivity (Wildman–Crippen MR) is 78.3 cm³/mol. The number of alkyl halides is 2. The zero-order valence-electron chi connectivity index (χ0n) is 11.7. The minimum Gasteiger partial charge on any atom is -0.388 e. The van der Waals surface area contributed by atoms with Gasteiger partial charge in [-0.05, 0) is 17.5 Å². The highest BCUT2D eigenvalue weighted by Gasteiger charge is 2.42. The molecule has 0 aromatic heterocycles. The lowest BCUT2D eigenvalue weighted by molar-refractivity contribution is 0.0645. The summed E-state index contributed by atoms with van der Waals surface area (Å²) in [7, 11) is 0. The van der Waals surface area contributed by atoms with Crippen LogP contribution in [0, 0.1) is 5.82 Å². The van der Waals surface area contributed by atoms with Crippen LogP contribution < -0.4 is 5.32 Å². The van der Waals surface area contributed by atoms with Gasteiger partial charge in [0.1, 0.15) is 11.9 Å². The Morgan fingerprint density at radius 2 is 1.73 bits per heavy atom. The smallest absolute Gasteiger partial charge is 0.185 e. The van der Waals surface area contributed by atoms with Gasteiger partial charge in [-0.25, -0.2) is 13.2 Å². The van der Waals surface area contributed by atoms with Gasteiger partial charge in [-0.2, -0.15) is 0 Å². The molecule has 0 bridgehead atoms. The van der Waals surface area contributed by atoms with E-state index in [1.54, 1.807) is 30.3 Å². The topological polar surface area (TPSA) is 32.3 Å². The molecule has 0 aliphatic carbocycles. The molecule has 1 aliphatic rings. The molecule has 0 saturated carbocycles. The van der Waals surface area contributed by atoms with E-state index in [1.165, 1.54) is 0 Å². The van der Waals surface area contributed by atoms with E-state index >= 15 is 0 Å². The number of aliphatic hydroxyl groups is 1. The lowest BCUT2D eigenvalue weighted by Crippen LogP contribution is -2.34. The average Bonchev–Trinajstić information content (AvgIpc) is 2.77. The van der Waals surface area contributed by atoms with E-state index in [1.807, 2.05) is 18.2 Å². The summed E-state index contributed by atoms with van der Waals surface area (Å²) < 4.78 is 41.2. The van der Waals surface area contributed by atoms with Crippen molar-refractivity contribution in [3.8, 4) is 11.1 Å². The van der Waals surface area contributed by atoms with E-state index in [9.17, 15) is 18.3 Å². The number of nitrogens with one attached hydrogen (secondary N) is 1. The first-order valence-corrected chi connectivity index (χ1v) is 7.13. The Morgan fingerprint density at radius 3 is 2.36 bits per heavy atom. The maximum atomic E-state index is 14.6. The summed E-state index contributed by atoms with van der Waals surface area (Å²) in [5, 5.41) is 12.0. The van der Waals surface area contributed by atoms with Crippen molar-refractivity contribution in [2.45, 2.75) is 31.0 Å². The van der Waals surface area contributed by atoms with E-state index in [-0.39, 0.29) is 6.42 Å². The zero-order valence-corrected chi connectivity index (χ0v) is 11.7. The standard InChI is InChI=1S/C17H16F3NO/c18-14-11(9-13-16(22)15(19)17(20)21-13)7-4-8-12(14)10-5-2-1-3-6-10/h1-8,13,15-17,21-22H,9H2. The molecule has 1 aliphatic heterocycles. The lowest BCUT2D eigenvalue weighted by Gasteiger charge is -2.16. The third-order valence-electron chi connectivity index (χ3n) is 3.99. The largest absolute Gasteiger partial charge is 0.388 e. The molecule has 2 aromatic carbocycles. The first-order chi connectivity index (χ1) is 10.6.